The zero-order chi connectivity index (χ0) is 18.7. The number of benzene rings is 2. The van der Waals surface area contributed by atoms with Gasteiger partial charge < -0.3 is 19.9 Å². The number of nitrogens with one attached hydrogen (secondary N) is 1. The van der Waals surface area contributed by atoms with Gasteiger partial charge in [0.25, 0.3) is 0 Å². The van der Waals surface area contributed by atoms with Gasteiger partial charge >= 0.3 is 6.03 Å². The van der Waals surface area contributed by atoms with Crippen LogP contribution >= 0.6 is 0 Å². The molecular formula is C20H23N3O3. The lowest BCUT2D eigenvalue weighted by Gasteiger charge is -2.39. The summed E-state index contributed by atoms with van der Waals surface area (Å²) in [5.41, 5.74) is 2.62. The summed E-state index contributed by atoms with van der Waals surface area (Å²) < 4.78 is 5.23. The van der Waals surface area contributed by atoms with Crippen LogP contribution < -0.4 is 15.0 Å². The molecule has 2 aromatic rings. The Morgan fingerprint density at radius 3 is 2.58 bits per heavy atom. The van der Waals surface area contributed by atoms with E-state index in [1.54, 1.807) is 23.8 Å². The Bertz CT molecular complexity index is 804. The SMILES string of the molecule is COc1cccc(N2CCN(C(=O)Nc3ccc(C)cc3)[C@H](C)C2=O)c1. The molecule has 0 saturated carbocycles. The molecule has 2 aromatic carbocycles. The molecule has 0 spiro atoms. The fourth-order valence-electron chi connectivity index (χ4n) is 3.01. The highest BCUT2D eigenvalue weighted by Crippen LogP contribution is 2.25. The van der Waals surface area contributed by atoms with Crippen molar-refractivity contribution in [1.82, 2.24) is 4.90 Å². The molecular weight excluding hydrogens is 330 g/mol. The van der Waals surface area contributed by atoms with Crippen LogP contribution in [0.4, 0.5) is 16.2 Å². The normalized spacial score (nSPS) is 17.2. The molecule has 136 valence electrons. The van der Waals surface area contributed by atoms with Gasteiger partial charge in [-0.25, -0.2) is 4.79 Å². The second-order valence-corrected chi connectivity index (χ2v) is 6.36. The molecule has 1 atom stereocenters. The van der Waals surface area contributed by atoms with Crippen LogP contribution in [0.15, 0.2) is 48.5 Å². The van der Waals surface area contributed by atoms with Crippen molar-refractivity contribution in [2.45, 2.75) is 19.9 Å². The van der Waals surface area contributed by atoms with Crippen LogP contribution in [-0.2, 0) is 4.79 Å². The summed E-state index contributed by atoms with van der Waals surface area (Å²) in [4.78, 5) is 28.6. The van der Waals surface area contributed by atoms with E-state index >= 15 is 0 Å². The van der Waals surface area contributed by atoms with Gasteiger partial charge in [0.05, 0.1) is 7.11 Å². The molecule has 26 heavy (non-hydrogen) atoms. The van der Waals surface area contributed by atoms with Gasteiger partial charge in [0.2, 0.25) is 5.91 Å². The monoisotopic (exact) mass is 353 g/mol. The first kappa shape index (κ1) is 17.8. The van der Waals surface area contributed by atoms with Crippen molar-refractivity contribution in [3.05, 3.63) is 54.1 Å². The second kappa shape index (κ2) is 7.47. The van der Waals surface area contributed by atoms with Gasteiger partial charge in [-0.2, -0.15) is 0 Å². The van der Waals surface area contributed by atoms with Crippen LogP contribution in [0.25, 0.3) is 0 Å². The van der Waals surface area contributed by atoms with E-state index in [2.05, 4.69) is 5.32 Å². The third-order valence-corrected chi connectivity index (χ3v) is 4.58. The molecule has 0 unspecified atom stereocenters. The average Bonchev–Trinajstić information content (AvgIpc) is 2.65. The van der Waals surface area contributed by atoms with E-state index < -0.39 is 6.04 Å². The van der Waals surface area contributed by atoms with Gasteiger partial charge in [-0.3, -0.25) is 4.79 Å². The van der Waals surface area contributed by atoms with Crippen LogP contribution in [-0.4, -0.2) is 43.1 Å². The standard InChI is InChI=1S/C20H23N3O3/c1-14-7-9-16(10-8-14)21-20(25)22-11-12-23(19(24)15(22)2)17-5-4-6-18(13-17)26-3/h4-10,13,15H,11-12H2,1-3H3,(H,21,25)/t15-/m1/s1. The molecule has 6 nitrogen and oxygen atoms in total. The molecule has 1 heterocycles. The quantitative estimate of drug-likeness (QED) is 0.921. The summed E-state index contributed by atoms with van der Waals surface area (Å²) >= 11 is 0. The van der Waals surface area contributed by atoms with Gasteiger partial charge in [-0.1, -0.05) is 23.8 Å². The zero-order valence-corrected chi connectivity index (χ0v) is 15.2. The molecule has 1 N–H and O–H groups in total. The van der Waals surface area contributed by atoms with E-state index in [-0.39, 0.29) is 11.9 Å². The van der Waals surface area contributed by atoms with Crippen LogP contribution in [0.2, 0.25) is 0 Å². The summed E-state index contributed by atoms with van der Waals surface area (Å²) in [6.45, 7) is 4.65. The number of methoxy groups -OCH3 is 1. The molecule has 3 rings (SSSR count). The Hall–Kier alpha value is -3.02. The third kappa shape index (κ3) is 3.64. The Balaban J connectivity index is 1.70. The van der Waals surface area contributed by atoms with Crippen LogP contribution in [0, 0.1) is 6.92 Å². The second-order valence-electron chi connectivity index (χ2n) is 6.36. The highest BCUT2D eigenvalue weighted by Gasteiger charge is 2.35. The largest absolute Gasteiger partial charge is 0.497 e. The van der Waals surface area contributed by atoms with Crippen molar-refractivity contribution in [3.8, 4) is 5.75 Å². The number of rotatable bonds is 3. The van der Waals surface area contributed by atoms with Gasteiger partial charge in [-0.05, 0) is 38.1 Å². The number of carbonyl (C=O) groups is 2. The van der Waals surface area contributed by atoms with Crippen LogP contribution in [0.5, 0.6) is 5.75 Å². The molecule has 3 amide bonds. The summed E-state index contributed by atoms with van der Waals surface area (Å²) in [5.74, 6) is 0.589. The number of urea groups is 1. The first-order chi connectivity index (χ1) is 12.5. The fraction of sp³-hybridized carbons (Fsp3) is 0.300. The van der Waals surface area contributed by atoms with Gasteiger partial charge in [0.15, 0.2) is 0 Å². The van der Waals surface area contributed by atoms with Crippen molar-refractivity contribution in [3.63, 3.8) is 0 Å². The number of hydrogen-bond donors (Lipinski definition) is 1. The van der Waals surface area contributed by atoms with E-state index in [1.165, 1.54) is 0 Å². The number of hydrogen-bond acceptors (Lipinski definition) is 3. The molecule has 0 bridgehead atoms. The number of aryl methyl sites for hydroxylation is 1. The summed E-state index contributed by atoms with van der Waals surface area (Å²) in [7, 11) is 1.59. The van der Waals surface area contributed by atoms with Gasteiger partial charge in [0.1, 0.15) is 11.8 Å². The maximum atomic E-state index is 12.8. The number of piperazine rings is 1. The predicted octanol–water partition coefficient (Wildman–Crippen LogP) is 3.27. The van der Waals surface area contributed by atoms with Crippen LogP contribution in [0.3, 0.4) is 0 Å². The number of ether oxygens (including phenoxy) is 1. The highest BCUT2D eigenvalue weighted by atomic mass is 16.5. The minimum absolute atomic E-state index is 0.108. The minimum atomic E-state index is -0.541. The summed E-state index contributed by atoms with van der Waals surface area (Å²) in [5, 5.41) is 2.86. The zero-order valence-electron chi connectivity index (χ0n) is 15.2. The molecule has 1 aliphatic rings. The van der Waals surface area contributed by atoms with Gasteiger partial charge in [0, 0.05) is 30.5 Å². The Labute approximate surface area is 153 Å². The first-order valence-electron chi connectivity index (χ1n) is 8.59. The third-order valence-electron chi connectivity index (χ3n) is 4.58. The molecule has 0 aromatic heterocycles. The molecule has 1 saturated heterocycles. The highest BCUT2D eigenvalue weighted by molar-refractivity contribution is 6.01. The number of amides is 3. The first-order valence-corrected chi connectivity index (χ1v) is 8.59. The lowest BCUT2D eigenvalue weighted by Crippen LogP contribution is -2.58. The summed E-state index contributed by atoms with van der Waals surface area (Å²) in [6.07, 6.45) is 0. The van der Waals surface area contributed by atoms with E-state index in [0.29, 0.717) is 18.8 Å². The van der Waals surface area contributed by atoms with Crippen molar-refractivity contribution < 1.29 is 14.3 Å². The van der Waals surface area contributed by atoms with Crippen molar-refractivity contribution in [2.75, 3.05) is 30.4 Å². The number of nitrogens with zero attached hydrogens (tertiary/aromatic N) is 2. The maximum Gasteiger partial charge on any atom is 0.322 e. The Morgan fingerprint density at radius 2 is 1.88 bits per heavy atom. The maximum absolute atomic E-state index is 12.8. The lowest BCUT2D eigenvalue weighted by atomic mass is 10.1. The van der Waals surface area contributed by atoms with Gasteiger partial charge in [-0.15, -0.1) is 0 Å². The van der Waals surface area contributed by atoms with E-state index in [1.807, 2.05) is 55.5 Å². The van der Waals surface area contributed by atoms with E-state index in [4.69, 9.17) is 4.74 Å². The van der Waals surface area contributed by atoms with Crippen molar-refractivity contribution in [1.29, 1.82) is 0 Å². The molecule has 0 aliphatic carbocycles. The summed E-state index contributed by atoms with van der Waals surface area (Å²) in [6, 6.07) is 14.2. The van der Waals surface area contributed by atoms with E-state index in [9.17, 15) is 9.59 Å². The molecule has 1 aliphatic heterocycles. The lowest BCUT2D eigenvalue weighted by molar-refractivity contribution is -0.123. The topological polar surface area (TPSA) is 61.9 Å². The number of carbonyl (C=O) groups excluding carboxylic acids is 2. The minimum Gasteiger partial charge on any atom is -0.497 e. The number of anilines is 2. The fourth-order valence-corrected chi connectivity index (χ4v) is 3.01. The molecule has 0 radical (unpaired) electrons. The van der Waals surface area contributed by atoms with Crippen molar-refractivity contribution >= 4 is 23.3 Å². The average molecular weight is 353 g/mol. The Kier molecular flexibility index (Phi) is 5.11. The predicted molar refractivity (Wildman–Crippen MR) is 102 cm³/mol. The molecule has 6 heteroatoms. The van der Waals surface area contributed by atoms with E-state index in [0.717, 1.165) is 16.9 Å². The Morgan fingerprint density at radius 1 is 1.15 bits per heavy atom. The smallest absolute Gasteiger partial charge is 0.322 e. The molecule has 1 fully saturated rings. The van der Waals surface area contributed by atoms with Crippen LogP contribution in [0.1, 0.15) is 12.5 Å². The van der Waals surface area contributed by atoms with Crippen molar-refractivity contribution in [2.24, 2.45) is 0 Å².